The highest BCUT2D eigenvalue weighted by Crippen LogP contribution is 2.38. The SMILES string of the molecule is Fc1ccc(-c2ccco2)c(Oc2c(F)cc(C(F)(F)F)cc2F)c1. The van der Waals surface area contributed by atoms with E-state index in [1.54, 1.807) is 0 Å². The summed E-state index contributed by atoms with van der Waals surface area (Å²) in [4.78, 5) is 0. The van der Waals surface area contributed by atoms with Crippen molar-refractivity contribution in [2.45, 2.75) is 6.18 Å². The first-order chi connectivity index (χ1) is 11.8. The molecule has 2 aromatic carbocycles. The Balaban J connectivity index is 2.05. The largest absolute Gasteiger partial charge is 0.464 e. The predicted molar refractivity (Wildman–Crippen MR) is 75.5 cm³/mol. The summed E-state index contributed by atoms with van der Waals surface area (Å²) in [5.74, 6) is -5.07. The van der Waals surface area contributed by atoms with Gasteiger partial charge in [0.15, 0.2) is 17.4 Å². The minimum absolute atomic E-state index is 0.101. The molecule has 3 rings (SSSR count). The fraction of sp³-hybridized carbons (Fsp3) is 0.0588. The molecule has 0 atom stereocenters. The third-order valence-corrected chi connectivity index (χ3v) is 3.27. The minimum atomic E-state index is -4.92. The minimum Gasteiger partial charge on any atom is -0.464 e. The van der Waals surface area contributed by atoms with Crippen molar-refractivity contribution in [2.75, 3.05) is 0 Å². The van der Waals surface area contributed by atoms with Gasteiger partial charge >= 0.3 is 6.18 Å². The van der Waals surface area contributed by atoms with Gasteiger partial charge in [-0.1, -0.05) is 0 Å². The lowest BCUT2D eigenvalue weighted by molar-refractivity contribution is -0.138. The molecule has 130 valence electrons. The number of hydrogen-bond acceptors (Lipinski definition) is 2. The summed E-state index contributed by atoms with van der Waals surface area (Å²) in [6, 6.07) is 6.40. The first-order valence-electron chi connectivity index (χ1n) is 6.83. The Labute approximate surface area is 137 Å². The normalized spacial score (nSPS) is 11.6. The quantitative estimate of drug-likeness (QED) is 0.522. The molecule has 0 aliphatic rings. The second-order valence-electron chi connectivity index (χ2n) is 4.99. The van der Waals surface area contributed by atoms with Gasteiger partial charge in [0.05, 0.1) is 17.4 Å². The van der Waals surface area contributed by atoms with Gasteiger partial charge in [-0.15, -0.1) is 0 Å². The zero-order valence-electron chi connectivity index (χ0n) is 12.2. The van der Waals surface area contributed by atoms with Crippen LogP contribution >= 0.6 is 0 Å². The Kier molecular flexibility index (Phi) is 4.20. The number of hydrogen-bond donors (Lipinski definition) is 0. The molecule has 25 heavy (non-hydrogen) atoms. The molecule has 0 aliphatic heterocycles. The van der Waals surface area contributed by atoms with Crippen molar-refractivity contribution in [3.05, 3.63) is 71.7 Å². The summed E-state index contributed by atoms with van der Waals surface area (Å²) in [6.07, 6.45) is -3.60. The highest BCUT2D eigenvalue weighted by atomic mass is 19.4. The maximum Gasteiger partial charge on any atom is 0.416 e. The smallest absolute Gasteiger partial charge is 0.416 e. The Bertz CT molecular complexity index is 877. The van der Waals surface area contributed by atoms with E-state index in [0.717, 1.165) is 12.1 Å². The van der Waals surface area contributed by atoms with Gasteiger partial charge in [-0.05, 0) is 36.4 Å². The number of alkyl halides is 3. The van der Waals surface area contributed by atoms with Crippen molar-refractivity contribution in [1.29, 1.82) is 0 Å². The van der Waals surface area contributed by atoms with Crippen LogP contribution in [0.4, 0.5) is 26.3 Å². The van der Waals surface area contributed by atoms with Crippen LogP contribution in [0.3, 0.4) is 0 Å². The molecule has 0 aliphatic carbocycles. The summed E-state index contributed by atoms with van der Waals surface area (Å²) < 4.78 is 89.2. The standard InChI is InChI=1S/C17H8F6O2/c18-10-3-4-11(14-2-1-5-24-14)15(8-10)25-16-12(19)6-9(7-13(16)20)17(21,22)23/h1-8H. The van der Waals surface area contributed by atoms with Crippen LogP contribution in [0.1, 0.15) is 5.56 Å². The molecule has 0 fully saturated rings. The average molecular weight is 358 g/mol. The Hall–Kier alpha value is -2.90. The second kappa shape index (κ2) is 6.19. The zero-order valence-corrected chi connectivity index (χ0v) is 12.2. The van der Waals surface area contributed by atoms with E-state index >= 15 is 0 Å². The van der Waals surface area contributed by atoms with Crippen molar-refractivity contribution in [2.24, 2.45) is 0 Å². The molecule has 8 heteroatoms. The molecule has 0 spiro atoms. The van der Waals surface area contributed by atoms with E-state index in [4.69, 9.17) is 9.15 Å². The van der Waals surface area contributed by atoms with Crippen molar-refractivity contribution in [3.63, 3.8) is 0 Å². The number of benzene rings is 2. The molecule has 1 heterocycles. The van der Waals surface area contributed by atoms with Gasteiger partial charge in [0.2, 0.25) is 0 Å². The third-order valence-electron chi connectivity index (χ3n) is 3.27. The first kappa shape index (κ1) is 16.9. The van der Waals surface area contributed by atoms with Gasteiger partial charge in [-0.2, -0.15) is 13.2 Å². The fourth-order valence-electron chi connectivity index (χ4n) is 2.15. The Morgan fingerprint density at radius 3 is 2.12 bits per heavy atom. The van der Waals surface area contributed by atoms with Crippen molar-refractivity contribution in [1.82, 2.24) is 0 Å². The zero-order chi connectivity index (χ0) is 18.2. The van der Waals surface area contributed by atoms with E-state index in [0.29, 0.717) is 0 Å². The van der Waals surface area contributed by atoms with Crippen LogP contribution in [-0.2, 0) is 6.18 Å². The summed E-state index contributed by atoms with van der Waals surface area (Å²) in [5, 5.41) is 0. The summed E-state index contributed by atoms with van der Waals surface area (Å²) in [5.41, 5.74) is -1.33. The number of ether oxygens (including phenoxy) is 1. The monoisotopic (exact) mass is 358 g/mol. The molecule has 1 aromatic heterocycles. The highest BCUT2D eigenvalue weighted by molar-refractivity contribution is 5.66. The van der Waals surface area contributed by atoms with Gasteiger partial charge in [-0.3, -0.25) is 0 Å². The van der Waals surface area contributed by atoms with E-state index in [9.17, 15) is 26.3 Å². The van der Waals surface area contributed by atoms with Gasteiger partial charge in [-0.25, -0.2) is 13.2 Å². The van der Waals surface area contributed by atoms with Gasteiger partial charge in [0, 0.05) is 6.07 Å². The fourth-order valence-corrected chi connectivity index (χ4v) is 2.15. The molecular formula is C17H8F6O2. The number of halogens is 6. The van der Waals surface area contributed by atoms with E-state index < -0.39 is 34.9 Å². The molecule has 0 radical (unpaired) electrons. The molecule has 2 nitrogen and oxygen atoms in total. The predicted octanol–water partition coefficient (Wildman–Crippen LogP) is 6.18. The topological polar surface area (TPSA) is 22.4 Å². The summed E-state index contributed by atoms with van der Waals surface area (Å²) in [7, 11) is 0. The summed E-state index contributed by atoms with van der Waals surface area (Å²) >= 11 is 0. The van der Waals surface area contributed by atoms with Crippen LogP contribution in [0.25, 0.3) is 11.3 Å². The molecule has 0 bridgehead atoms. The Morgan fingerprint density at radius 2 is 1.56 bits per heavy atom. The van der Waals surface area contributed by atoms with Gasteiger partial charge in [0.1, 0.15) is 17.3 Å². The second-order valence-corrected chi connectivity index (χ2v) is 4.99. The average Bonchev–Trinajstić information content (AvgIpc) is 3.04. The molecule has 0 saturated heterocycles. The van der Waals surface area contributed by atoms with Gasteiger partial charge < -0.3 is 9.15 Å². The Morgan fingerprint density at radius 1 is 0.880 bits per heavy atom. The molecule has 0 N–H and O–H groups in total. The van der Waals surface area contributed by atoms with Crippen LogP contribution in [0, 0.1) is 17.5 Å². The lowest BCUT2D eigenvalue weighted by atomic mass is 10.1. The van der Waals surface area contributed by atoms with Gasteiger partial charge in [0.25, 0.3) is 0 Å². The van der Waals surface area contributed by atoms with Crippen molar-refractivity contribution in [3.8, 4) is 22.8 Å². The lowest BCUT2D eigenvalue weighted by Crippen LogP contribution is -2.07. The van der Waals surface area contributed by atoms with E-state index in [-0.39, 0.29) is 29.2 Å². The van der Waals surface area contributed by atoms with E-state index in [2.05, 4.69) is 0 Å². The molecule has 0 amide bonds. The van der Waals surface area contributed by atoms with E-state index in [1.165, 1.54) is 24.5 Å². The third kappa shape index (κ3) is 3.47. The highest BCUT2D eigenvalue weighted by Gasteiger charge is 2.33. The van der Waals surface area contributed by atoms with Crippen molar-refractivity contribution >= 4 is 0 Å². The van der Waals surface area contributed by atoms with Crippen molar-refractivity contribution < 1.29 is 35.5 Å². The number of furan rings is 1. The molecule has 0 saturated carbocycles. The van der Waals surface area contributed by atoms with Crippen LogP contribution in [0.5, 0.6) is 11.5 Å². The summed E-state index contributed by atoms with van der Waals surface area (Å²) in [6.45, 7) is 0. The van der Waals surface area contributed by atoms with Crippen LogP contribution < -0.4 is 4.74 Å². The first-order valence-corrected chi connectivity index (χ1v) is 6.83. The molecule has 3 aromatic rings. The lowest BCUT2D eigenvalue weighted by Gasteiger charge is -2.13. The van der Waals surface area contributed by atoms with Crippen LogP contribution in [-0.4, -0.2) is 0 Å². The number of rotatable bonds is 3. The van der Waals surface area contributed by atoms with E-state index in [1.807, 2.05) is 0 Å². The van der Waals surface area contributed by atoms with Crippen LogP contribution in [0.2, 0.25) is 0 Å². The molecule has 0 unspecified atom stereocenters. The molecular weight excluding hydrogens is 350 g/mol. The maximum atomic E-state index is 13.9. The maximum absolute atomic E-state index is 13.9. The van der Waals surface area contributed by atoms with Crippen LogP contribution in [0.15, 0.2) is 53.1 Å².